The number of sulfonamides is 1. The predicted molar refractivity (Wildman–Crippen MR) is 88.8 cm³/mol. The van der Waals surface area contributed by atoms with Gasteiger partial charge in [0, 0.05) is 10.5 Å². The molecule has 0 heterocycles. The predicted octanol–water partition coefficient (Wildman–Crippen LogP) is 4.11. The molecule has 21 heavy (non-hydrogen) atoms. The van der Waals surface area contributed by atoms with Gasteiger partial charge in [-0.1, -0.05) is 34.1 Å². The standard InChI is InChI=1S/C16H18BrNO2S/c1-11-4-9-16(10-12(11)2)21(19,20)18-13(3)14-5-7-15(17)8-6-14/h4-10,13,18H,1-3H3. The van der Waals surface area contributed by atoms with E-state index in [1.165, 1.54) is 0 Å². The van der Waals surface area contributed by atoms with Gasteiger partial charge in [-0.3, -0.25) is 0 Å². The molecule has 0 aliphatic heterocycles. The van der Waals surface area contributed by atoms with Crippen molar-refractivity contribution in [3.05, 3.63) is 63.6 Å². The molecule has 0 amide bonds. The molecule has 0 aromatic heterocycles. The zero-order valence-electron chi connectivity index (χ0n) is 12.2. The summed E-state index contributed by atoms with van der Waals surface area (Å²) < 4.78 is 28.5. The molecular weight excluding hydrogens is 350 g/mol. The summed E-state index contributed by atoms with van der Waals surface area (Å²) >= 11 is 3.37. The topological polar surface area (TPSA) is 46.2 Å². The summed E-state index contributed by atoms with van der Waals surface area (Å²) in [5, 5.41) is 0. The van der Waals surface area contributed by atoms with Crippen molar-refractivity contribution in [2.75, 3.05) is 0 Å². The van der Waals surface area contributed by atoms with Crippen LogP contribution < -0.4 is 4.72 Å². The quantitative estimate of drug-likeness (QED) is 0.883. The number of rotatable bonds is 4. The SMILES string of the molecule is Cc1ccc(S(=O)(=O)NC(C)c2ccc(Br)cc2)cc1C. The molecule has 2 aromatic rings. The highest BCUT2D eigenvalue weighted by Crippen LogP contribution is 2.20. The molecule has 0 aliphatic carbocycles. The molecule has 2 rings (SSSR count). The summed E-state index contributed by atoms with van der Waals surface area (Å²) in [6, 6.07) is 12.5. The molecule has 1 unspecified atom stereocenters. The Kier molecular flexibility index (Phi) is 4.86. The molecule has 0 spiro atoms. The van der Waals surface area contributed by atoms with Crippen molar-refractivity contribution in [3.8, 4) is 0 Å². The largest absolute Gasteiger partial charge is 0.241 e. The first-order valence-corrected chi connectivity index (χ1v) is 8.92. The van der Waals surface area contributed by atoms with Crippen LogP contribution in [0.1, 0.15) is 29.7 Å². The maximum Gasteiger partial charge on any atom is 0.241 e. The first-order chi connectivity index (χ1) is 9.79. The van der Waals surface area contributed by atoms with E-state index in [2.05, 4.69) is 20.7 Å². The van der Waals surface area contributed by atoms with Crippen molar-refractivity contribution in [1.29, 1.82) is 0 Å². The zero-order valence-corrected chi connectivity index (χ0v) is 14.6. The summed E-state index contributed by atoms with van der Waals surface area (Å²) in [6.45, 7) is 5.71. The van der Waals surface area contributed by atoms with Crippen LogP contribution in [0.15, 0.2) is 51.8 Å². The Morgan fingerprint density at radius 1 is 1.00 bits per heavy atom. The van der Waals surface area contributed by atoms with Gasteiger partial charge in [0.15, 0.2) is 0 Å². The van der Waals surface area contributed by atoms with Gasteiger partial charge in [0.2, 0.25) is 10.0 Å². The van der Waals surface area contributed by atoms with E-state index < -0.39 is 10.0 Å². The minimum absolute atomic E-state index is 0.287. The van der Waals surface area contributed by atoms with Crippen LogP contribution in [0.25, 0.3) is 0 Å². The van der Waals surface area contributed by atoms with Crippen LogP contribution in [-0.2, 0) is 10.0 Å². The number of nitrogens with one attached hydrogen (secondary N) is 1. The fraction of sp³-hybridized carbons (Fsp3) is 0.250. The van der Waals surface area contributed by atoms with E-state index in [4.69, 9.17) is 0 Å². The van der Waals surface area contributed by atoms with Gasteiger partial charge in [0.1, 0.15) is 0 Å². The van der Waals surface area contributed by atoms with Crippen LogP contribution >= 0.6 is 15.9 Å². The number of halogens is 1. The normalized spacial score (nSPS) is 13.1. The third-order valence-electron chi connectivity index (χ3n) is 3.49. The molecule has 1 N–H and O–H groups in total. The number of benzene rings is 2. The minimum atomic E-state index is -3.52. The van der Waals surface area contributed by atoms with Gasteiger partial charge in [-0.15, -0.1) is 0 Å². The van der Waals surface area contributed by atoms with E-state index >= 15 is 0 Å². The Labute approximate surface area is 134 Å². The molecule has 5 heteroatoms. The van der Waals surface area contributed by atoms with Crippen LogP contribution in [0.2, 0.25) is 0 Å². The molecule has 0 fully saturated rings. The molecule has 0 aliphatic rings. The third-order valence-corrected chi connectivity index (χ3v) is 5.56. The lowest BCUT2D eigenvalue weighted by Gasteiger charge is -2.15. The maximum absolute atomic E-state index is 12.4. The van der Waals surface area contributed by atoms with Crippen molar-refractivity contribution in [2.24, 2.45) is 0 Å². The fourth-order valence-electron chi connectivity index (χ4n) is 2.00. The monoisotopic (exact) mass is 367 g/mol. The minimum Gasteiger partial charge on any atom is -0.207 e. The Morgan fingerprint density at radius 3 is 2.19 bits per heavy atom. The van der Waals surface area contributed by atoms with E-state index in [1.807, 2.05) is 51.1 Å². The van der Waals surface area contributed by atoms with Crippen molar-refractivity contribution < 1.29 is 8.42 Å². The highest BCUT2D eigenvalue weighted by atomic mass is 79.9. The van der Waals surface area contributed by atoms with Crippen LogP contribution in [0.5, 0.6) is 0 Å². The summed E-state index contributed by atoms with van der Waals surface area (Å²) in [5.74, 6) is 0. The van der Waals surface area contributed by atoms with E-state index in [-0.39, 0.29) is 6.04 Å². The summed E-state index contributed by atoms with van der Waals surface area (Å²) in [7, 11) is -3.52. The molecule has 0 bridgehead atoms. The molecule has 0 saturated carbocycles. The second kappa shape index (κ2) is 6.30. The molecule has 3 nitrogen and oxygen atoms in total. The molecule has 112 valence electrons. The molecule has 0 radical (unpaired) electrons. The van der Waals surface area contributed by atoms with Crippen LogP contribution in [0.3, 0.4) is 0 Å². The van der Waals surface area contributed by atoms with E-state index in [0.29, 0.717) is 4.90 Å². The number of hydrogen-bond acceptors (Lipinski definition) is 2. The first kappa shape index (κ1) is 16.2. The van der Waals surface area contributed by atoms with Crippen molar-refractivity contribution in [2.45, 2.75) is 31.7 Å². The molecule has 1 atom stereocenters. The van der Waals surface area contributed by atoms with E-state index in [9.17, 15) is 8.42 Å². The van der Waals surface area contributed by atoms with E-state index in [0.717, 1.165) is 21.2 Å². The average Bonchev–Trinajstić information content (AvgIpc) is 2.42. The Bertz CT molecular complexity index is 739. The van der Waals surface area contributed by atoms with Crippen LogP contribution in [0.4, 0.5) is 0 Å². The van der Waals surface area contributed by atoms with Crippen molar-refractivity contribution in [3.63, 3.8) is 0 Å². The van der Waals surface area contributed by atoms with Gasteiger partial charge >= 0.3 is 0 Å². The molecular formula is C16H18BrNO2S. The van der Waals surface area contributed by atoms with Gasteiger partial charge in [-0.2, -0.15) is 0 Å². The highest BCUT2D eigenvalue weighted by Gasteiger charge is 2.18. The van der Waals surface area contributed by atoms with Gasteiger partial charge in [-0.25, -0.2) is 13.1 Å². The molecule has 2 aromatic carbocycles. The van der Waals surface area contributed by atoms with Gasteiger partial charge in [0.25, 0.3) is 0 Å². The Morgan fingerprint density at radius 2 is 1.62 bits per heavy atom. The summed E-state index contributed by atoms with van der Waals surface area (Å²) in [5.41, 5.74) is 2.97. The first-order valence-electron chi connectivity index (χ1n) is 6.64. The lowest BCUT2D eigenvalue weighted by molar-refractivity contribution is 0.567. The lowest BCUT2D eigenvalue weighted by atomic mass is 10.1. The van der Waals surface area contributed by atoms with E-state index in [1.54, 1.807) is 12.1 Å². The second-order valence-corrected chi connectivity index (χ2v) is 7.77. The maximum atomic E-state index is 12.4. The third kappa shape index (κ3) is 3.93. The zero-order chi connectivity index (χ0) is 15.6. The van der Waals surface area contributed by atoms with Crippen molar-refractivity contribution in [1.82, 2.24) is 4.72 Å². The Balaban J connectivity index is 2.24. The smallest absolute Gasteiger partial charge is 0.207 e. The van der Waals surface area contributed by atoms with Crippen molar-refractivity contribution >= 4 is 26.0 Å². The Hall–Kier alpha value is -1.17. The highest BCUT2D eigenvalue weighted by molar-refractivity contribution is 9.10. The van der Waals surface area contributed by atoms with Crippen LogP contribution in [-0.4, -0.2) is 8.42 Å². The lowest BCUT2D eigenvalue weighted by Crippen LogP contribution is -2.27. The summed E-state index contributed by atoms with van der Waals surface area (Å²) in [6.07, 6.45) is 0. The van der Waals surface area contributed by atoms with Gasteiger partial charge < -0.3 is 0 Å². The molecule has 0 saturated heterocycles. The van der Waals surface area contributed by atoms with Crippen LogP contribution in [0, 0.1) is 13.8 Å². The number of aryl methyl sites for hydroxylation is 2. The fourth-order valence-corrected chi connectivity index (χ4v) is 3.58. The van der Waals surface area contributed by atoms with Gasteiger partial charge in [-0.05, 0) is 61.7 Å². The number of hydrogen-bond donors (Lipinski definition) is 1. The summed E-state index contributed by atoms with van der Waals surface area (Å²) in [4.78, 5) is 0.301. The second-order valence-electron chi connectivity index (χ2n) is 5.14. The average molecular weight is 368 g/mol. The van der Waals surface area contributed by atoms with Gasteiger partial charge in [0.05, 0.1) is 4.90 Å².